The van der Waals surface area contributed by atoms with Gasteiger partial charge >= 0.3 is 0 Å². The van der Waals surface area contributed by atoms with Crippen molar-refractivity contribution >= 4 is 0 Å². The lowest BCUT2D eigenvalue weighted by Gasteiger charge is -2.04. The standard InChI is InChI=1S/C7H5F4NO/c1-13-3-2-12-6(7(10)11)5(9)4(3)8/h2,7H,1H3. The average molecular weight is 195 g/mol. The molecule has 0 N–H and O–H groups in total. The molecule has 72 valence electrons. The third kappa shape index (κ3) is 1.71. The monoisotopic (exact) mass is 195 g/mol. The first kappa shape index (κ1) is 9.76. The predicted octanol–water partition coefficient (Wildman–Crippen LogP) is 2.31. The maximum atomic E-state index is 12.7. The van der Waals surface area contributed by atoms with Crippen molar-refractivity contribution in [1.29, 1.82) is 0 Å². The Bertz CT molecular complexity index is 316. The predicted molar refractivity (Wildman–Crippen MR) is 35.7 cm³/mol. The summed E-state index contributed by atoms with van der Waals surface area (Å²) < 4.78 is 53.7. The summed E-state index contributed by atoms with van der Waals surface area (Å²) in [5.41, 5.74) is -1.21. The van der Waals surface area contributed by atoms with Crippen LogP contribution in [0.1, 0.15) is 12.1 Å². The number of hydrogen-bond donors (Lipinski definition) is 0. The second-order valence-corrected chi connectivity index (χ2v) is 2.14. The summed E-state index contributed by atoms with van der Waals surface area (Å²) in [5, 5.41) is 0. The third-order valence-electron chi connectivity index (χ3n) is 1.38. The summed E-state index contributed by atoms with van der Waals surface area (Å²) in [4.78, 5) is 3.02. The van der Waals surface area contributed by atoms with E-state index >= 15 is 0 Å². The first-order chi connectivity index (χ1) is 6.07. The molecule has 0 aromatic carbocycles. The highest BCUT2D eigenvalue weighted by atomic mass is 19.3. The third-order valence-corrected chi connectivity index (χ3v) is 1.38. The van der Waals surface area contributed by atoms with E-state index in [2.05, 4.69) is 9.72 Å². The van der Waals surface area contributed by atoms with Crippen molar-refractivity contribution in [2.45, 2.75) is 6.43 Å². The molecule has 0 amide bonds. The summed E-state index contributed by atoms with van der Waals surface area (Å²) in [6.45, 7) is 0. The van der Waals surface area contributed by atoms with Gasteiger partial charge in [-0.3, -0.25) is 0 Å². The van der Waals surface area contributed by atoms with Gasteiger partial charge in [0.1, 0.15) is 5.69 Å². The Kier molecular flexibility index (Phi) is 2.69. The Balaban J connectivity index is 3.23. The fourth-order valence-electron chi connectivity index (χ4n) is 0.757. The fourth-order valence-corrected chi connectivity index (χ4v) is 0.757. The van der Waals surface area contributed by atoms with E-state index in [-0.39, 0.29) is 0 Å². The second kappa shape index (κ2) is 3.59. The maximum absolute atomic E-state index is 12.7. The largest absolute Gasteiger partial charge is 0.492 e. The van der Waals surface area contributed by atoms with Gasteiger partial charge in [0.25, 0.3) is 6.43 Å². The number of methoxy groups -OCH3 is 1. The lowest BCUT2D eigenvalue weighted by atomic mass is 10.3. The van der Waals surface area contributed by atoms with Crippen LogP contribution in [0.4, 0.5) is 17.6 Å². The van der Waals surface area contributed by atoms with E-state index in [1.54, 1.807) is 0 Å². The zero-order chi connectivity index (χ0) is 10.0. The van der Waals surface area contributed by atoms with Gasteiger partial charge in [-0.05, 0) is 0 Å². The number of aromatic nitrogens is 1. The van der Waals surface area contributed by atoms with Crippen LogP contribution in [0.2, 0.25) is 0 Å². The second-order valence-electron chi connectivity index (χ2n) is 2.14. The van der Waals surface area contributed by atoms with Crippen molar-refractivity contribution in [3.8, 4) is 5.75 Å². The lowest BCUT2D eigenvalue weighted by molar-refractivity contribution is 0.138. The highest BCUT2D eigenvalue weighted by molar-refractivity contribution is 5.24. The normalized spacial score (nSPS) is 10.6. The Morgan fingerprint density at radius 2 is 1.92 bits per heavy atom. The van der Waals surface area contributed by atoms with Crippen molar-refractivity contribution in [1.82, 2.24) is 4.98 Å². The number of nitrogens with zero attached hydrogens (tertiary/aromatic N) is 1. The van der Waals surface area contributed by atoms with Crippen LogP contribution in [0.5, 0.6) is 5.75 Å². The smallest absolute Gasteiger partial charge is 0.283 e. The van der Waals surface area contributed by atoms with Gasteiger partial charge in [0.05, 0.1) is 13.3 Å². The van der Waals surface area contributed by atoms with Gasteiger partial charge in [0.15, 0.2) is 11.6 Å². The van der Waals surface area contributed by atoms with Crippen LogP contribution in [0.25, 0.3) is 0 Å². The van der Waals surface area contributed by atoms with Crippen molar-refractivity contribution < 1.29 is 22.3 Å². The van der Waals surface area contributed by atoms with Crippen LogP contribution in [0, 0.1) is 11.6 Å². The Hall–Kier alpha value is -1.33. The number of pyridine rings is 1. The molecule has 0 aliphatic carbocycles. The fraction of sp³-hybridized carbons (Fsp3) is 0.286. The van der Waals surface area contributed by atoms with Gasteiger partial charge in [0.2, 0.25) is 5.82 Å². The van der Waals surface area contributed by atoms with Crippen molar-refractivity contribution in [2.24, 2.45) is 0 Å². The molecule has 2 nitrogen and oxygen atoms in total. The molecule has 1 heterocycles. The van der Waals surface area contributed by atoms with Gasteiger partial charge in [0, 0.05) is 0 Å². The summed E-state index contributed by atoms with van der Waals surface area (Å²) in [6.07, 6.45) is -2.43. The molecule has 0 unspecified atom stereocenters. The van der Waals surface area contributed by atoms with Crippen LogP contribution in [-0.4, -0.2) is 12.1 Å². The first-order valence-corrected chi connectivity index (χ1v) is 3.24. The van der Waals surface area contributed by atoms with E-state index < -0.39 is 29.5 Å². The summed E-state index contributed by atoms with van der Waals surface area (Å²) in [7, 11) is 1.08. The summed E-state index contributed by atoms with van der Waals surface area (Å²) in [6, 6.07) is 0. The molecular formula is C7H5F4NO. The Labute approximate surface area is 71.2 Å². The molecular weight excluding hydrogens is 190 g/mol. The Morgan fingerprint density at radius 1 is 1.31 bits per heavy atom. The van der Waals surface area contributed by atoms with E-state index in [0.717, 1.165) is 7.11 Å². The molecule has 0 atom stereocenters. The quantitative estimate of drug-likeness (QED) is 0.675. The van der Waals surface area contributed by atoms with E-state index in [9.17, 15) is 17.6 Å². The van der Waals surface area contributed by atoms with Crippen molar-refractivity contribution in [2.75, 3.05) is 7.11 Å². The molecule has 13 heavy (non-hydrogen) atoms. The summed E-state index contributed by atoms with van der Waals surface area (Å²) in [5.74, 6) is -3.62. The molecule has 6 heteroatoms. The minimum atomic E-state index is -3.14. The number of ether oxygens (including phenoxy) is 1. The first-order valence-electron chi connectivity index (χ1n) is 3.24. The van der Waals surface area contributed by atoms with Gasteiger partial charge in [-0.25, -0.2) is 18.2 Å². The highest BCUT2D eigenvalue weighted by Crippen LogP contribution is 2.25. The van der Waals surface area contributed by atoms with Crippen molar-refractivity contribution in [3.63, 3.8) is 0 Å². The lowest BCUT2D eigenvalue weighted by Crippen LogP contribution is -2.01. The van der Waals surface area contributed by atoms with Crippen molar-refractivity contribution in [3.05, 3.63) is 23.5 Å². The molecule has 0 spiro atoms. The molecule has 0 fully saturated rings. The van der Waals surface area contributed by atoms with Gasteiger partial charge in [-0.15, -0.1) is 0 Å². The molecule has 0 aliphatic heterocycles. The minimum Gasteiger partial charge on any atom is -0.492 e. The topological polar surface area (TPSA) is 22.1 Å². The molecule has 1 aromatic rings. The molecule has 0 saturated carbocycles. The average Bonchev–Trinajstić information content (AvgIpc) is 2.09. The summed E-state index contributed by atoms with van der Waals surface area (Å²) >= 11 is 0. The van der Waals surface area contributed by atoms with Gasteiger partial charge < -0.3 is 4.74 Å². The maximum Gasteiger partial charge on any atom is 0.283 e. The van der Waals surface area contributed by atoms with E-state index in [4.69, 9.17) is 0 Å². The Morgan fingerprint density at radius 3 is 2.38 bits per heavy atom. The zero-order valence-corrected chi connectivity index (χ0v) is 6.52. The zero-order valence-electron chi connectivity index (χ0n) is 6.52. The van der Waals surface area contributed by atoms with Gasteiger partial charge in [-0.2, -0.15) is 4.39 Å². The van der Waals surface area contributed by atoms with Crippen LogP contribution in [0.3, 0.4) is 0 Å². The van der Waals surface area contributed by atoms with E-state index in [1.165, 1.54) is 0 Å². The number of rotatable bonds is 2. The van der Waals surface area contributed by atoms with Crippen LogP contribution >= 0.6 is 0 Å². The van der Waals surface area contributed by atoms with Crippen LogP contribution in [-0.2, 0) is 0 Å². The van der Waals surface area contributed by atoms with Crippen LogP contribution < -0.4 is 4.74 Å². The molecule has 1 aromatic heterocycles. The molecule has 0 radical (unpaired) electrons. The van der Waals surface area contributed by atoms with Gasteiger partial charge in [-0.1, -0.05) is 0 Å². The van der Waals surface area contributed by atoms with E-state index in [1.807, 2.05) is 0 Å². The highest BCUT2D eigenvalue weighted by Gasteiger charge is 2.21. The molecule has 0 bridgehead atoms. The van der Waals surface area contributed by atoms with E-state index in [0.29, 0.717) is 6.20 Å². The van der Waals surface area contributed by atoms with Crippen LogP contribution in [0.15, 0.2) is 6.20 Å². The molecule has 0 aliphatic rings. The number of halogens is 4. The number of alkyl halides is 2. The number of hydrogen-bond acceptors (Lipinski definition) is 2. The minimum absolute atomic E-state index is 0.498. The molecule has 0 saturated heterocycles. The SMILES string of the molecule is COc1cnc(C(F)F)c(F)c1F. The molecule has 1 rings (SSSR count).